The van der Waals surface area contributed by atoms with Crippen molar-refractivity contribution in [3.8, 4) is 29.1 Å². The Bertz CT molecular complexity index is 1430. The van der Waals surface area contributed by atoms with Gasteiger partial charge in [-0.05, 0) is 60.2 Å². The van der Waals surface area contributed by atoms with Crippen LogP contribution in [0.25, 0.3) is 0 Å². The van der Waals surface area contributed by atoms with Crippen molar-refractivity contribution in [2.45, 2.75) is 52.4 Å². The minimum atomic E-state index is -0.493. The molecule has 1 aliphatic rings. The van der Waals surface area contributed by atoms with Crippen molar-refractivity contribution < 1.29 is 23.7 Å². The highest BCUT2D eigenvalue weighted by Crippen LogP contribution is 2.45. The second-order valence-corrected chi connectivity index (χ2v) is 10.3. The van der Waals surface area contributed by atoms with Crippen LogP contribution in [0.1, 0.15) is 74.0 Å². The summed E-state index contributed by atoms with van der Waals surface area (Å²) >= 11 is 0. The zero-order valence-corrected chi connectivity index (χ0v) is 23.0. The molecular formula is C32H34N2O5. The van der Waals surface area contributed by atoms with Crippen LogP contribution >= 0.6 is 0 Å². The van der Waals surface area contributed by atoms with Crippen molar-refractivity contribution >= 4 is 5.97 Å². The lowest BCUT2D eigenvalue weighted by molar-refractivity contribution is 0.0734. The minimum Gasteiger partial charge on any atom is -0.490 e. The first-order valence-corrected chi connectivity index (χ1v) is 13.1. The zero-order valence-electron chi connectivity index (χ0n) is 23.0. The summed E-state index contributed by atoms with van der Waals surface area (Å²) in [6, 6.07) is 20.3. The van der Waals surface area contributed by atoms with Gasteiger partial charge in [0.25, 0.3) is 0 Å². The first-order valence-electron chi connectivity index (χ1n) is 13.1. The monoisotopic (exact) mass is 526 g/mol. The molecule has 1 aliphatic heterocycles. The Kier molecular flexibility index (Phi) is 8.15. The van der Waals surface area contributed by atoms with Gasteiger partial charge in [-0.15, -0.1) is 0 Å². The molecule has 0 fully saturated rings. The molecule has 0 saturated heterocycles. The summed E-state index contributed by atoms with van der Waals surface area (Å²) in [7, 11) is 0. The highest BCUT2D eigenvalue weighted by molar-refractivity contribution is 5.91. The number of nitrogens with zero attached hydrogens (tertiary/aromatic N) is 1. The molecule has 1 heterocycles. The normalized spacial score (nSPS) is 14.6. The number of benzene rings is 3. The average molecular weight is 527 g/mol. The number of allylic oxidation sites excluding steroid dienone is 1. The van der Waals surface area contributed by atoms with E-state index < -0.39 is 11.9 Å². The van der Waals surface area contributed by atoms with Gasteiger partial charge in [0, 0.05) is 11.6 Å². The number of rotatable bonds is 8. The molecule has 7 heteroatoms. The van der Waals surface area contributed by atoms with Gasteiger partial charge in [0.2, 0.25) is 5.88 Å². The van der Waals surface area contributed by atoms with Gasteiger partial charge >= 0.3 is 5.97 Å². The van der Waals surface area contributed by atoms with Gasteiger partial charge < -0.3 is 24.7 Å². The highest BCUT2D eigenvalue weighted by atomic mass is 16.5. The standard InChI is InChI=1S/C32H34N2O5/c1-6-16-37-26-15-10-21(17-28(26)36-7-2)29-24-14-13-23(18-27(24)39-30(34)25(29)19-33)38-31(35)20-8-11-22(12-9-20)32(3,4)5/h8-15,17-18,29H,6-7,16,34H2,1-5H3. The van der Waals surface area contributed by atoms with E-state index in [0.29, 0.717) is 41.8 Å². The Morgan fingerprint density at radius 1 is 1.00 bits per heavy atom. The van der Waals surface area contributed by atoms with Crippen LogP contribution in [0.3, 0.4) is 0 Å². The van der Waals surface area contributed by atoms with E-state index in [4.69, 9.17) is 24.7 Å². The number of hydrogen-bond acceptors (Lipinski definition) is 7. The number of nitriles is 1. The van der Waals surface area contributed by atoms with Crippen LogP contribution in [-0.4, -0.2) is 19.2 Å². The fraction of sp³-hybridized carbons (Fsp3) is 0.312. The van der Waals surface area contributed by atoms with Crippen LogP contribution in [-0.2, 0) is 5.41 Å². The van der Waals surface area contributed by atoms with Crippen LogP contribution in [0.2, 0.25) is 0 Å². The molecule has 202 valence electrons. The third-order valence-electron chi connectivity index (χ3n) is 6.45. The van der Waals surface area contributed by atoms with Gasteiger partial charge in [-0.2, -0.15) is 5.26 Å². The first kappa shape index (κ1) is 27.6. The molecule has 39 heavy (non-hydrogen) atoms. The summed E-state index contributed by atoms with van der Waals surface area (Å²) in [6.07, 6.45) is 0.869. The Hall–Kier alpha value is -4.44. The molecule has 0 radical (unpaired) electrons. The molecule has 0 amide bonds. The maximum atomic E-state index is 12.8. The van der Waals surface area contributed by atoms with Crippen LogP contribution < -0.4 is 24.7 Å². The number of ether oxygens (including phenoxy) is 4. The minimum absolute atomic E-state index is 0.000477. The number of esters is 1. The second kappa shape index (κ2) is 11.5. The molecule has 0 aromatic heterocycles. The predicted octanol–water partition coefficient (Wildman–Crippen LogP) is 6.61. The summed E-state index contributed by atoms with van der Waals surface area (Å²) < 4.78 is 23.1. The molecule has 0 spiro atoms. The first-order chi connectivity index (χ1) is 18.7. The highest BCUT2D eigenvalue weighted by Gasteiger charge is 2.32. The van der Waals surface area contributed by atoms with E-state index in [-0.39, 0.29) is 16.9 Å². The summed E-state index contributed by atoms with van der Waals surface area (Å²) in [5.41, 5.74) is 9.55. The summed E-state index contributed by atoms with van der Waals surface area (Å²) in [5.74, 6) is 0.984. The van der Waals surface area contributed by atoms with Gasteiger partial charge in [0.1, 0.15) is 23.1 Å². The van der Waals surface area contributed by atoms with Crippen molar-refractivity contribution in [3.05, 3.63) is 94.4 Å². The van der Waals surface area contributed by atoms with Gasteiger partial charge in [-0.25, -0.2) is 4.79 Å². The van der Waals surface area contributed by atoms with E-state index in [1.807, 2.05) is 44.2 Å². The molecule has 2 N–H and O–H groups in total. The smallest absolute Gasteiger partial charge is 0.343 e. The number of carbonyl (C=O) groups is 1. The van der Waals surface area contributed by atoms with E-state index in [1.165, 1.54) is 0 Å². The lowest BCUT2D eigenvalue weighted by Gasteiger charge is -2.27. The van der Waals surface area contributed by atoms with E-state index in [2.05, 4.69) is 26.8 Å². The fourth-order valence-corrected chi connectivity index (χ4v) is 4.42. The number of hydrogen-bond donors (Lipinski definition) is 1. The number of nitrogens with two attached hydrogens (primary N) is 1. The predicted molar refractivity (Wildman–Crippen MR) is 149 cm³/mol. The number of carbonyl (C=O) groups excluding carboxylic acids is 1. The molecule has 4 rings (SSSR count). The van der Waals surface area contributed by atoms with Crippen molar-refractivity contribution in [1.82, 2.24) is 0 Å². The van der Waals surface area contributed by atoms with Crippen molar-refractivity contribution in [1.29, 1.82) is 5.26 Å². The summed E-state index contributed by atoms with van der Waals surface area (Å²) in [6.45, 7) is 11.3. The fourth-order valence-electron chi connectivity index (χ4n) is 4.42. The average Bonchev–Trinajstić information content (AvgIpc) is 2.91. The Morgan fingerprint density at radius 3 is 2.38 bits per heavy atom. The zero-order chi connectivity index (χ0) is 28.2. The number of fused-ring (bicyclic) bond motifs is 1. The maximum absolute atomic E-state index is 12.8. The van der Waals surface area contributed by atoms with Gasteiger partial charge in [0.15, 0.2) is 11.5 Å². The van der Waals surface area contributed by atoms with E-state index in [9.17, 15) is 10.1 Å². The van der Waals surface area contributed by atoms with E-state index >= 15 is 0 Å². The topological polar surface area (TPSA) is 104 Å². The third kappa shape index (κ3) is 6.01. The van der Waals surface area contributed by atoms with Crippen molar-refractivity contribution in [3.63, 3.8) is 0 Å². The van der Waals surface area contributed by atoms with E-state index in [0.717, 1.165) is 23.1 Å². The van der Waals surface area contributed by atoms with Crippen LogP contribution in [0.4, 0.5) is 0 Å². The largest absolute Gasteiger partial charge is 0.490 e. The van der Waals surface area contributed by atoms with Crippen LogP contribution in [0.5, 0.6) is 23.0 Å². The molecule has 0 saturated carbocycles. The summed E-state index contributed by atoms with van der Waals surface area (Å²) in [5, 5.41) is 9.94. The van der Waals surface area contributed by atoms with Gasteiger partial charge in [-0.3, -0.25) is 0 Å². The lowest BCUT2D eigenvalue weighted by atomic mass is 9.83. The molecule has 0 bridgehead atoms. The van der Waals surface area contributed by atoms with Gasteiger partial charge in [-0.1, -0.05) is 52.0 Å². The van der Waals surface area contributed by atoms with Crippen molar-refractivity contribution in [2.75, 3.05) is 13.2 Å². The Morgan fingerprint density at radius 2 is 1.74 bits per heavy atom. The lowest BCUT2D eigenvalue weighted by Crippen LogP contribution is -2.21. The van der Waals surface area contributed by atoms with E-state index in [1.54, 1.807) is 30.3 Å². The summed E-state index contributed by atoms with van der Waals surface area (Å²) in [4.78, 5) is 12.8. The van der Waals surface area contributed by atoms with Crippen LogP contribution in [0.15, 0.2) is 72.1 Å². The maximum Gasteiger partial charge on any atom is 0.343 e. The Balaban J connectivity index is 1.65. The second-order valence-electron chi connectivity index (χ2n) is 10.3. The molecular weight excluding hydrogens is 492 g/mol. The SMILES string of the molecule is CCCOc1ccc(C2C(C#N)=C(N)Oc3cc(OC(=O)c4ccc(C(C)(C)C)cc4)ccc32)cc1OCC. The Labute approximate surface area is 229 Å². The molecule has 3 aromatic rings. The molecule has 0 aliphatic carbocycles. The van der Waals surface area contributed by atoms with Crippen LogP contribution in [0, 0.1) is 11.3 Å². The third-order valence-corrected chi connectivity index (χ3v) is 6.45. The molecule has 1 atom stereocenters. The van der Waals surface area contributed by atoms with Gasteiger partial charge in [0.05, 0.1) is 24.7 Å². The molecule has 7 nitrogen and oxygen atoms in total. The molecule has 3 aromatic carbocycles. The quantitative estimate of drug-likeness (QED) is 0.260. The molecule has 1 unspecified atom stereocenters. The van der Waals surface area contributed by atoms with Crippen molar-refractivity contribution in [2.24, 2.45) is 5.73 Å².